The maximum absolute atomic E-state index is 12.7. The standard InChI is InChI=1S/C22H19Cl2N3O4/c23-17-9-14(25-10-18(17)24)8-15(28)3-1-12-2-4-16-13(7-12)11-27(22(16)31)19-5-6-20(29)26-21(19)30/h2,4,7,9-10,19H,1,3,5-6,8,11H2,(H,26,29,30). The minimum atomic E-state index is -0.638. The smallest absolute Gasteiger partial charge is 0.255 e. The van der Waals surface area contributed by atoms with Gasteiger partial charge < -0.3 is 4.90 Å². The highest BCUT2D eigenvalue weighted by Gasteiger charge is 2.39. The van der Waals surface area contributed by atoms with Crippen molar-refractivity contribution >= 4 is 46.7 Å². The van der Waals surface area contributed by atoms with Gasteiger partial charge in [0.2, 0.25) is 11.8 Å². The first kappa shape index (κ1) is 21.5. The van der Waals surface area contributed by atoms with Crippen LogP contribution in [0, 0.1) is 0 Å². The van der Waals surface area contributed by atoms with Crippen LogP contribution in [0.5, 0.6) is 0 Å². The highest BCUT2D eigenvalue weighted by Crippen LogP contribution is 2.28. The Hall–Kier alpha value is -2.77. The molecule has 0 radical (unpaired) electrons. The molecular weight excluding hydrogens is 441 g/mol. The topological polar surface area (TPSA) is 96.4 Å². The second-order valence-electron chi connectivity index (χ2n) is 7.70. The number of Topliss-reactive ketones (excluding diaryl/α,β-unsaturated/α-hetero) is 1. The van der Waals surface area contributed by atoms with Crippen molar-refractivity contribution in [2.75, 3.05) is 0 Å². The number of benzene rings is 1. The van der Waals surface area contributed by atoms with Crippen LogP contribution in [-0.2, 0) is 33.8 Å². The number of imide groups is 1. The number of ketones is 1. The normalized spacial score (nSPS) is 18.2. The zero-order valence-corrected chi connectivity index (χ0v) is 18.0. The van der Waals surface area contributed by atoms with E-state index >= 15 is 0 Å². The van der Waals surface area contributed by atoms with Crippen LogP contribution in [0.4, 0.5) is 0 Å². The number of pyridine rings is 1. The Morgan fingerprint density at radius 3 is 2.71 bits per heavy atom. The predicted octanol–water partition coefficient (Wildman–Crippen LogP) is 2.89. The largest absolute Gasteiger partial charge is 0.322 e. The lowest BCUT2D eigenvalue weighted by Gasteiger charge is -2.29. The second-order valence-corrected chi connectivity index (χ2v) is 8.51. The molecule has 1 aromatic heterocycles. The number of hydrogen-bond acceptors (Lipinski definition) is 5. The summed E-state index contributed by atoms with van der Waals surface area (Å²) in [5.74, 6) is -0.932. The monoisotopic (exact) mass is 459 g/mol. The fraction of sp³-hybridized carbons (Fsp3) is 0.318. The van der Waals surface area contributed by atoms with Crippen molar-refractivity contribution in [3.8, 4) is 0 Å². The van der Waals surface area contributed by atoms with Gasteiger partial charge in [-0.05, 0) is 36.1 Å². The van der Waals surface area contributed by atoms with Crippen molar-refractivity contribution in [3.63, 3.8) is 0 Å². The van der Waals surface area contributed by atoms with E-state index in [4.69, 9.17) is 23.2 Å². The molecule has 2 aromatic rings. The molecule has 1 fully saturated rings. The van der Waals surface area contributed by atoms with Crippen LogP contribution in [0.25, 0.3) is 0 Å². The van der Waals surface area contributed by atoms with Crippen LogP contribution in [-0.4, -0.2) is 39.4 Å². The molecule has 7 nitrogen and oxygen atoms in total. The molecular formula is C22H19Cl2N3O4. The first-order valence-electron chi connectivity index (χ1n) is 9.90. The van der Waals surface area contributed by atoms with Gasteiger partial charge in [-0.1, -0.05) is 35.3 Å². The molecule has 4 rings (SSSR count). The molecule has 1 saturated heterocycles. The number of aryl methyl sites for hydroxylation is 1. The van der Waals surface area contributed by atoms with Crippen molar-refractivity contribution in [2.45, 2.75) is 44.7 Å². The van der Waals surface area contributed by atoms with Gasteiger partial charge in [-0.15, -0.1) is 0 Å². The Bertz CT molecular complexity index is 1100. The van der Waals surface area contributed by atoms with Crippen LogP contribution in [0.3, 0.4) is 0 Å². The van der Waals surface area contributed by atoms with Crippen LogP contribution < -0.4 is 5.32 Å². The van der Waals surface area contributed by atoms with Crippen molar-refractivity contribution in [3.05, 3.63) is 62.9 Å². The van der Waals surface area contributed by atoms with Gasteiger partial charge >= 0.3 is 0 Å². The molecule has 3 amide bonds. The van der Waals surface area contributed by atoms with Gasteiger partial charge in [0.25, 0.3) is 5.91 Å². The summed E-state index contributed by atoms with van der Waals surface area (Å²) < 4.78 is 0. The Morgan fingerprint density at radius 1 is 1.16 bits per heavy atom. The van der Waals surface area contributed by atoms with Crippen LogP contribution >= 0.6 is 23.2 Å². The molecule has 3 heterocycles. The number of halogens is 2. The highest BCUT2D eigenvalue weighted by molar-refractivity contribution is 6.41. The number of nitrogens with zero attached hydrogens (tertiary/aromatic N) is 2. The van der Waals surface area contributed by atoms with Gasteiger partial charge in [-0.3, -0.25) is 29.5 Å². The summed E-state index contributed by atoms with van der Waals surface area (Å²) >= 11 is 11.8. The third kappa shape index (κ3) is 4.62. The van der Waals surface area contributed by atoms with E-state index < -0.39 is 11.9 Å². The van der Waals surface area contributed by atoms with Crippen molar-refractivity contribution in [1.82, 2.24) is 15.2 Å². The van der Waals surface area contributed by atoms with Gasteiger partial charge in [0, 0.05) is 43.3 Å². The number of carbonyl (C=O) groups is 4. The molecule has 0 saturated carbocycles. The van der Waals surface area contributed by atoms with Gasteiger partial charge in [-0.2, -0.15) is 0 Å². The zero-order valence-electron chi connectivity index (χ0n) is 16.5. The van der Waals surface area contributed by atoms with E-state index in [2.05, 4.69) is 10.3 Å². The molecule has 2 aliphatic rings. The molecule has 1 unspecified atom stereocenters. The highest BCUT2D eigenvalue weighted by atomic mass is 35.5. The van der Waals surface area contributed by atoms with E-state index in [0.717, 1.165) is 11.1 Å². The number of carbonyl (C=O) groups excluding carboxylic acids is 4. The SMILES string of the molecule is O=C(CCc1ccc2c(c1)CN(C1CCC(=O)NC1=O)C2=O)Cc1cc(Cl)c(Cl)cn1. The third-order valence-corrected chi connectivity index (χ3v) is 6.23. The minimum absolute atomic E-state index is 0.0210. The number of fused-ring (bicyclic) bond motifs is 1. The quantitative estimate of drug-likeness (QED) is 0.669. The first-order chi connectivity index (χ1) is 14.8. The maximum atomic E-state index is 12.7. The summed E-state index contributed by atoms with van der Waals surface area (Å²) in [6.07, 6.45) is 3.00. The summed E-state index contributed by atoms with van der Waals surface area (Å²) in [6.45, 7) is 0.315. The summed E-state index contributed by atoms with van der Waals surface area (Å²) in [5.41, 5.74) is 2.89. The minimum Gasteiger partial charge on any atom is -0.322 e. The summed E-state index contributed by atoms with van der Waals surface area (Å²) in [5, 5.41) is 3.00. The Balaban J connectivity index is 1.38. The van der Waals surface area contributed by atoms with E-state index in [9.17, 15) is 19.2 Å². The zero-order chi connectivity index (χ0) is 22.1. The van der Waals surface area contributed by atoms with Gasteiger partial charge in [0.1, 0.15) is 11.8 Å². The van der Waals surface area contributed by atoms with Crippen molar-refractivity contribution in [2.24, 2.45) is 0 Å². The molecule has 1 N–H and O–H groups in total. The van der Waals surface area contributed by atoms with Gasteiger partial charge in [0.05, 0.1) is 10.0 Å². The Morgan fingerprint density at radius 2 is 1.97 bits per heavy atom. The molecule has 0 aliphatic carbocycles. The molecule has 31 heavy (non-hydrogen) atoms. The van der Waals surface area contributed by atoms with Gasteiger partial charge in [0.15, 0.2) is 0 Å². The molecule has 2 aliphatic heterocycles. The number of hydrogen-bond donors (Lipinski definition) is 1. The van der Waals surface area contributed by atoms with Crippen LogP contribution in [0.15, 0.2) is 30.5 Å². The van der Waals surface area contributed by atoms with E-state index in [1.165, 1.54) is 11.1 Å². The third-order valence-electron chi connectivity index (χ3n) is 5.52. The van der Waals surface area contributed by atoms with E-state index in [1.54, 1.807) is 12.1 Å². The summed E-state index contributed by atoms with van der Waals surface area (Å²) in [4.78, 5) is 54.2. The fourth-order valence-electron chi connectivity index (χ4n) is 3.91. The molecule has 160 valence electrons. The number of rotatable bonds is 6. The van der Waals surface area contributed by atoms with Crippen molar-refractivity contribution < 1.29 is 19.2 Å². The average Bonchev–Trinajstić information content (AvgIpc) is 3.05. The maximum Gasteiger partial charge on any atom is 0.255 e. The number of amides is 3. The lowest BCUT2D eigenvalue weighted by atomic mass is 10.0. The first-order valence-corrected chi connectivity index (χ1v) is 10.7. The molecule has 9 heteroatoms. The number of piperidine rings is 1. The molecule has 1 atom stereocenters. The number of aromatic nitrogens is 1. The van der Waals surface area contributed by atoms with Crippen LogP contribution in [0.1, 0.15) is 46.4 Å². The summed E-state index contributed by atoms with van der Waals surface area (Å²) in [6, 6.07) is 6.43. The van der Waals surface area contributed by atoms with Crippen LogP contribution in [0.2, 0.25) is 10.0 Å². The van der Waals surface area contributed by atoms with E-state index in [-0.39, 0.29) is 30.4 Å². The molecule has 1 aromatic carbocycles. The second kappa shape index (κ2) is 8.77. The fourth-order valence-corrected chi connectivity index (χ4v) is 4.19. The predicted molar refractivity (Wildman–Crippen MR) is 114 cm³/mol. The average molecular weight is 460 g/mol. The molecule has 0 spiro atoms. The number of nitrogens with one attached hydrogen (secondary N) is 1. The lowest BCUT2D eigenvalue weighted by Crippen LogP contribution is -2.52. The Labute approximate surface area is 188 Å². The van der Waals surface area contributed by atoms with E-state index in [1.807, 2.05) is 12.1 Å². The van der Waals surface area contributed by atoms with Gasteiger partial charge in [-0.25, -0.2) is 0 Å². The van der Waals surface area contributed by atoms with Crippen molar-refractivity contribution in [1.29, 1.82) is 0 Å². The van der Waals surface area contributed by atoms with E-state index in [0.29, 0.717) is 47.1 Å². The summed E-state index contributed by atoms with van der Waals surface area (Å²) in [7, 11) is 0. The Kier molecular flexibility index (Phi) is 6.07. The molecule has 0 bridgehead atoms. The lowest BCUT2D eigenvalue weighted by molar-refractivity contribution is -0.137.